The van der Waals surface area contributed by atoms with Gasteiger partial charge in [-0.05, 0) is 88.1 Å². The smallest absolute Gasteiger partial charge is 0.398 e. The fourth-order valence-electron chi connectivity index (χ4n) is 4.77. The van der Waals surface area contributed by atoms with Gasteiger partial charge in [-0.15, -0.1) is 0 Å². The molecular weight excluding hydrogens is 545 g/mol. The van der Waals surface area contributed by atoms with Gasteiger partial charge in [0.1, 0.15) is 0 Å². The largest absolute Gasteiger partial charge is 0.416 e. The van der Waals surface area contributed by atoms with Gasteiger partial charge in [-0.2, -0.15) is 13.2 Å². The summed E-state index contributed by atoms with van der Waals surface area (Å²) in [5.74, 6) is -0.370. The topological polar surface area (TPSA) is 86.1 Å². The van der Waals surface area contributed by atoms with Gasteiger partial charge in [0.25, 0.3) is 5.91 Å². The number of benzene rings is 3. The Labute approximate surface area is 245 Å². The molecule has 1 aliphatic rings. The fourth-order valence-corrected chi connectivity index (χ4v) is 4.77. The number of nitrogen functional groups attached to an aromatic ring is 1. The number of carbonyl (C=O) groups excluding carboxylic acids is 1. The predicted molar refractivity (Wildman–Crippen MR) is 164 cm³/mol. The first-order valence-electron chi connectivity index (χ1n) is 13.9. The molecule has 4 N–H and O–H groups in total. The Bertz CT molecular complexity index is 1390. The molecule has 0 spiro atoms. The van der Waals surface area contributed by atoms with Crippen molar-refractivity contribution < 1.29 is 22.7 Å². The Hall–Kier alpha value is -3.96. The second-order valence-electron chi connectivity index (χ2n) is 10.8. The van der Waals surface area contributed by atoms with Gasteiger partial charge >= 0.3 is 6.18 Å². The fraction of sp³-hybridized carbons (Fsp3) is 0.387. The highest BCUT2D eigenvalue weighted by atomic mass is 19.4. The zero-order valence-electron chi connectivity index (χ0n) is 24.5. The van der Waals surface area contributed by atoms with Crippen LogP contribution >= 0.6 is 0 Å². The number of carbonyl (C=O) groups is 1. The lowest BCUT2D eigenvalue weighted by molar-refractivity contribution is -0.137. The molecule has 0 saturated carbocycles. The first-order valence-corrected chi connectivity index (χ1v) is 13.9. The van der Waals surface area contributed by atoms with Gasteiger partial charge in [0.15, 0.2) is 0 Å². The average molecular weight is 585 g/mol. The van der Waals surface area contributed by atoms with Crippen LogP contribution in [-0.4, -0.2) is 71.3 Å². The lowest BCUT2D eigenvalue weighted by Crippen LogP contribution is -2.36. The normalized spacial score (nSPS) is 13.8. The quantitative estimate of drug-likeness (QED) is 0.259. The third kappa shape index (κ3) is 8.07. The van der Waals surface area contributed by atoms with Gasteiger partial charge in [0, 0.05) is 60.8 Å². The molecule has 3 aromatic rings. The minimum Gasteiger partial charge on any atom is -0.398 e. The highest BCUT2D eigenvalue weighted by Crippen LogP contribution is 2.36. The van der Waals surface area contributed by atoms with Crippen molar-refractivity contribution in [1.29, 1.82) is 0 Å². The minimum absolute atomic E-state index is 0.293. The van der Waals surface area contributed by atoms with Gasteiger partial charge in [0.05, 0.1) is 24.3 Å². The second-order valence-corrected chi connectivity index (χ2v) is 10.8. The Morgan fingerprint density at radius 1 is 0.976 bits per heavy atom. The van der Waals surface area contributed by atoms with E-state index in [0.717, 1.165) is 42.9 Å². The van der Waals surface area contributed by atoms with Crippen LogP contribution in [0.15, 0.2) is 54.6 Å². The van der Waals surface area contributed by atoms with E-state index < -0.39 is 11.7 Å². The van der Waals surface area contributed by atoms with Crippen LogP contribution in [0.4, 0.5) is 47.3 Å². The summed E-state index contributed by atoms with van der Waals surface area (Å²) in [5.41, 5.74) is 9.62. The van der Waals surface area contributed by atoms with Crippen molar-refractivity contribution in [2.45, 2.75) is 19.5 Å². The molecule has 1 saturated heterocycles. The number of aryl methyl sites for hydroxylation is 1. The van der Waals surface area contributed by atoms with Crippen molar-refractivity contribution in [2.24, 2.45) is 0 Å². The van der Waals surface area contributed by atoms with Crippen molar-refractivity contribution >= 4 is 40.0 Å². The van der Waals surface area contributed by atoms with E-state index in [2.05, 4.69) is 20.4 Å². The summed E-state index contributed by atoms with van der Waals surface area (Å²) in [6.45, 7) is 5.55. The molecule has 4 rings (SSSR count). The lowest BCUT2D eigenvalue weighted by atomic mass is 10.1. The van der Waals surface area contributed by atoms with Crippen LogP contribution in [0.1, 0.15) is 27.9 Å². The summed E-state index contributed by atoms with van der Waals surface area (Å²) in [6.07, 6.45) is -3.53. The number of alkyl halides is 3. The highest BCUT2D eigenvalue weighted by molar-refractivity contribution is 6.08. The van der Waals surface area contributed by atoms with Crippen molar-refractivity contribution in [2.75, 3.05) is 86.7 Å². The molecular formula is C31H39F3N6O2. The van der Waals surface area contributed by atoms with E-state index in [1.165, 1.54) is 0 Å². The van der Waals surface area contributed by atoms with Crippen LogP contribution in [0.25, 0.3) is 0 Å². The first-order chi connectivity index (χ1) is 19.9. The van der Waals surface area contributed by atoms with Gasteiger partial charge in [0.2, 0.25) is 0 Å². The highest BCUT2D eigenvalue weighted by Gasteiger charge is 2.32. The maximum Gasteiger partial charge on any atom is 0.416 e. The molecule has 8 nitrogen and oxygen atoms in total. The third-order valence-corrected chi connectivity index (χ3v) is 7.22. The van der Waals surface area contributed by atoms with Crippen LogP contribution in [0.2, 0.25) is 0 Å². The van der Waals surface area contributed by atoms with Crippen LogP contribution < -0.4 is 26.2 Å². The number of nitrogens with zero attached hydrogens (tertiary/aromatic N) is 3. The standard InChI is InChI=1S/C31H39F3N6O2/c1-21-6-7-23(36-24-16-22(31(32,33)34)17-26(18-24)40-12-14-42-15-13-40)19-29(21)37-30(41)27-20-25(8-9-28(27)35)39(4)11-5-10-38(2)3/h6-9,16-20,36H,5,10-15,35H2,1-4H3,(H,37,41). The number of hydrogen-bond donors (Lipinski definition) is 3. The number of halogens is 3. The van der Waals surface area contributed by atoms with Gasteiger partial charge in [-0.1, -0.05) is 6.07 Å². The van der Waals surface area contributed by atoms with Crippen molar-refractivity contribution in [1.82, 2.24) is 4.90 Å². The molecule has 3 aromatic carbocycles. The number of amides is 1. The van der Waals surface area contributed by atoms with E-state index in [1.807, 2.05) is 39.0 Å². The summed E-state index contributed by atoms with van der Waals surface area (Å²) in [5, 5.41) is 6.03. The summed E-state index contributed by atoms with van der Waals surface area (Å²) in [4.78, 5) is 19.4. The van der Waals surface area contributed by atoms with Crippen LogP contribution in [0, 0.1) is 6.92 Å². The lowest BCUT2D eigenvalue weighted by Gasteiger charge is -2.30. The number of rotatable bonds is 10. The van der Waals surface area contributed by atoms with E-state index in [9.17, 15) is 18.0 Å². The molecule has 1 aliphatic heterocycles. The van der Waals surface area contributed by atoms with Gasteiger partial charge in [-0.3, -0.25) is 4.79 Å². The Kier molecular flexibility index (Phi) is 9.85. The van der Waals surface area contributed by atoms with Crippen molar-refractivity contribution in [3.8, 4) is 0 Å². The average Bonchev–Trinajstić information content (AvgIpc) is 2.94. The number of ether oxygens (including phenoxy) is 1. The van der Waals surface area contributed by atoms with Gasteiger partial charge < -0.3 is 35.8 Å². The number of hydrogen-bond acceptors (Lipinski definition) is 7. The molecule has 0 atom stereocenters. The molecule has 0 aliphatic carbocycles. The SMILES string of the molecule is Cc1ccc(Nc2cc(N3CCOCC3)cc(C(F)(F)F)c2)cc1NC(=O)c1cc(N(C)CCCN(C)C)ccc1N. The van der Waals surface area contributed by atoms with E-state index in [0.29, 0.717) is 60.3 Å². The number of anilines is 6. The van der Waals surface area contributed by atoms with Gasteiger partial charge in [-0.25, -0.2) is 0 Å². The van der Waals surface area contributed by atoms with Crippen LogP contribution in [-0.2, 0) is 10.9 Å². The number of nitrogens with two attached hydrogens (primary N) is 1. The van der Waals surface area contributed by atoms with Crippen molar-refractivity contribution in [3.05, 3.63) is 71.3 Å². The summed E-state index contributed by atoms with van der Waals surface area (Å²) >= 11 is 0. The first kappa shape index (κ1) is 31.0. The molecule has 42 heavy (non-hydrogen) atoms. The van der Waals surface area contributed by atoms with E-state index in [-0.39, 0.29) is 5.91 Å². The predicted octanol–water partition coefficient (Wildman–Crippen LogP) is 5.82. The molecule has 1 fully saturated rings. The Balaban J connectivity index is 1.54. The molecule has 0 aromatic heterocycles. The maximum atomic E-state index is 13.7. The van der Waals surface area contributed by atoms with E-state index in [4.69, 9.17) is 10.5 Å². The molecule has 11 heteroatoms. The summed E-state index contributed by atoms with van der Waals surface area (Å²) < 4.78 is 46.6. The molecule has 0 bridgehead atoms. The number of morpholine rings is 1. The summed E-state index contributed by atoms with van der Waals surface area (Å²) in [6, 6.07) is 14.6. The van der Waals surface area contributed by atoms with Crippen molar-refractivity contribution in [3.63, 3.8) is 0 Å². The second kappa shape index (κ2) is 13.3. The molecule has 0 radical (unpaired) electrons. The third-order valence-electron chi connectivity index (χ3n) is 7.22. The minimum atomic E-state index is -4.50. The van der Waals surface area contributed by atoms with E-state index in [1.54, 1.807) is 36.4 Å². The Morgan fingerprint density at radius 2 is 1.71 bits per heavy atom. The summed E-state index contributed by atoms with van der Waals surface area (Å²) in [7, 11) is 6.03. The maximum absolute atomic E-state index is 13.7. The molecule has 1 amide bonds. The molecule has 1 heterocycles. The molecule has 226 valence electrons. The number of nitrogens with one attached hydrogen (secondary N) is 2. The van der Waals surface area contributed by atoms with E-state index >= 15 is 0 Å². The van der Waals surface area contributed by atoms with Crippen LogP contribution in [0.5, 0.6) is 0 Å². The monoisotopic (exact) mass is 584 g/mol. The zero-order chi connectivity index (χ0) is 30.4. The Morgan fingerprint density at radius 3 is 2.40 bits per heavy atom. The van der Waals surface area contributed by atoms with Crippen LogP contribution in [0.3, 0.4) is 0 Å². The zero-order valence-corrected chi connectivity index (χ0v) is 24.5. The molecule has 0 unspecified atom stereocenters.